The molecular weight excluding hydrogens is 364 g/mol. The molecule has 0 spiro atoms. The second kappa shape index (κ2) is 10.2. The summed E-state index contributed by atoms with van der Waals surface area (Å²) in [6.07, 6.45) is 2.79. The van der Waals surface area contributed by atoms with Crippen molar-refractivity contribution in [3.05, 3.63) is 65.7 Å². The van der Waals surface area contributed by atoms with Crippen molar-refractivity contribution in [2.75, 3.05) is 18.1 Å². The molecule has 5 heteroatoms. The first-order chi connectivity index (χ1) is 14.1. The molecule has 2 aromatic rings. The van der Waals surface area contributed by atoms with Gasteiger partial charge in [0.15, 0.2) is 0 Å². The van der Waals surface area contributed by atoms with Gasteiger partial charge in [-0.3, -0.25) is 14.9 Å². The van der Waals surface area contributed by atoms with Crippen molar-refractivity contribution in [3.63, 3.8) is 0 Å². The number of fused-ring (bicyclic) bond motifs is 1. The summed E-state index contributed by atoms with van der Waals surface area (Å²) in [6, 6.07) is 17.2. The number of likely N-dealkylation sites (N-methyl/N-ethyl adjacent to an activating group) is 1. The number of benzene rings is 2. The zero-order valence-electron chi connectivity index (χ0n) is 17.3. The molecule has 0 saturated carbocycles. The van der Waals surface area contributed by atoms with Crippen LogP contribution in [-0.4, -0.2) is 37.1 Å². The van der Waals surface area contributed by atoms with Crippen LogP contribution in [0, 0.1) is 0 Å². The van der Waals surface area contributed by atoms with E-state index in [2.05, 4.69) is 23.5 Å². The van der Waals surface area contributed by atoms with Gasteiger partial charge in [0.1, 0.15) is 6.04 Å². The topological polar surface area (TPSA) is 58.6 Å². The van der Waals surface area contributed by atoms with E-state index >= 15 is 0 Å². The Morgan fingerprint density at radius 3 is 2.59 bits per heavy atom. The Morgan fingerprint density at radius 2 is 1.86 bits per heavy atom. The van der Waals surface area contributed by atoms with Crippen LogP contribution in [0.4, 0.5) is 5.69 Å². The number of nitrogens with zero attached hydrogens (tertiary/aromatic N) is 1. The van der Waals surface area contributed by atoms with Crippen LogP contribution < -0.4 is 10.2 Å². The quantitative estimate of drug-likeness (QED) is 0.696. The van der Waals surface area contributed by atoms with Crippen molar-refractivity contribution in [2.45, 2.75) is 51.6 Å². The molecule has 3 rings (SSSR count). The van der Waals surface area contributed by atoms with Crippen molar-refractivity contribution < 1.29 is 14.3 Å². The van der Waals surface area contributed by atoms with Crippen LogP contribution >= 0.6 is 0 Å². The van der Waals surface area contributed by atoms with E-state index < -0.39 is 12.1 Å². The van der Waals surface area contributed by atoms with Gasteiger partial charge < -0.3 is 9.64 Å². The Morgan fingerprint density at radius 1 is 1.14 bits per heavy atom. The van der Waals surface area contributed by atoms with Crippen LogP contribution in [0.3, 0.4) is 0 Å². The molecule has 0 bridgehead atoms. The summed E-state index contributed by atoms with van der Waals surface area (Å²) in [5.41, 5.74) is 3.31. The smallest absolute Gasteiger partial charge is 0.323 e. The van der Waals surface area contributed by atoms with E-state index in [1.54, 1.807) is 6.92 Å². The summed E-state index contributed by atoms with van der Waals surface area (Å²) in [5.74, 6) is -0.271. The first kappa shape index (κ1) is 21.1. The van der Waals surface area contributed by atoms with Gasteiger partial charge in [0.2, 0.25) is 5.91 Å². The molecule has 0 radical (unpaired) electrons. The summed E-state index contributed by atoms with van der Waals surface area (Å²) < 4.78 is 5.29. The SMILES string of the molecule is CCOC(=O)[C@H](CCc1ccccc1)N[C@H]1CCc2ccccc2N(CC)C1=O. The van der Waals surface area contributed by atoms with Crippen LogP contribution in [0.25, 0.3) is 0 Å². The number of hydrogen-bond acceptors (Lipinski definition) is 4. The highest BCUT2D eigenvalue weighted by Crippen LogP contribution is 2.27. The van der Waals surface area contributed by atoms with Gasteiger partial charge >= 0.3 is 5.97 Å². The van der Waals surface area contributed by atoms with Gasteiger partial charge in [-0.25, -0.2) is 0 Å². The minimum absolute atomic E-state index is 0.0199. The number of hydrogen-bond donors (Lipinski definition) is 1. The van der Waals surface area contributed by atoms with Crippen LogP contribution in [-0.2, 0) is 27.2 Å². The third-order valence-corrected chi connectivity index (χ3v) is 5.40. The normalized spacial score (nSPS) is 17.4. The fourth-order valence-electron chi connectivity index (χ4n) is 3.91. The monoisotopic (exact) mass is 394 g/mol. The fraction of sp³-hybridized carbons (Fsp3) is 0.417. The summed E-state index contributed by atoms with van der Waals surface area (Å²) in [5, 5.41) is 3.33. The molecular formula is C24H30N2O3. The Kier molecular flexibility index (Phi) is 7.42. The lowest BCUT2D eigenvalue weighted by Gasteiger charge is -2.27. The lowest BCUT2D eigenvalue weighted by Crippen LogP contribution is -2.52. The van der Waals surface area contributed by atoms with Crippen molar-refractivity contribution in [3.8, 4) is 0 Å². The zero-order chi connectivity index (χ0) is 20.6. The standard InChI is InChI=1S/C24H30N2O3/c1-3-26-22-13-9-8-12-19(22)15-17-20(23(26)27)25-21(24(28)29-4-2)16-14-18-10-6-5-7-11-18/h5-13,20-21,25H,3-4,14-17H2,1-2H3/t20-,21-/m0/s1. The van der Waals surface area contributed by atoms with Gasteiger partial charge in [-0.15, -0.1) is 0 Å². The van der Waals surface area contributed by atoms with Gasteiger partial charge in [0.25, 0.3) is 0 Å². The minimum Gasteiger partial charge on any atom is -0.465 e. The second-order valence-corrected chi connectivity index (χ2v) is 7.30. The number of amides is 1. The fourth-order valence-corrected chi connectivity index (χ4v) is 3.91. The molecule has 2 aromatic carbocycles. The first-order valence-electron chi connectivity index (χ1n) is 10.5. The highest BCUT2D eigenvalue weighted by atomic mass is 16.5. The van der Waals surface area contributed by atoms with E-state index in [0.717, 1.165) is 18.5 Å². The highest BCUT2D eigenvalue weighted by molar-refractivity contribution is 5.98. The van der Waals surface area contributed by atoms with Crippen LogP contribution in [0.5, 0.6) is 0 Å². The van der Waals surface area contributed by atoms with E-state index in [1.165, 1.54) is 11.1 Å². The number of nitrogens with one attached hydrogen (secondary N) is 1. The molecule has 0 aromatic heterocycles. The molecule has 0 saturated heterocycles. The van der Waals surface area contributed by atoms with Crippen molar-refractivity contribution in [2.24, 2.45) is 0 Å². The maximum Gasteiger partial charge on any atom is 0.323 e. The zero-order valence-corrected chi connectivity index (χ0v) is 17.3. The summed E-state index contributed by atoms with van der Waals surface area (Å²) >= 11 is 0. The van der Waals surface area contributed by atoms with Crippen molar-refractivity contribution >= 4 is 17.6 Å². The Hall–Kier alpha value is -2.66. The van der Waals surface area contributed by atoms with E-state index in [4.69, 9.17) is 4.74 Å². The number of anilines is 1. The van der Waals surface area contributed by atoms with Crippen molar-refractivity contribution in [1.29, 1.82) is 0 Å². The number of carbonyl (C=O) groups is 2. The van der Waals surface area contributed by atoms with E-state index in [0.29, 0.717) is 26.0 Å². The molecule has 0 aliphatic carbocycles. The molecule has 0 fully saturated rings. The lowest BCUT2D eigenvalue weighted by molar-refractivity contribution is -0.146. The Balaban J connectivity index is 1.75. The average molecular weight is 395 g/mol. The van der Waals surface area contributed by atoms with Crippen LogP contribution in [0.1, 0.15) is 37.8 Å². The van der Waals surface area contributed by atoms with Gasteiger partial charge in [0, 0.05) is 12.2 Å². The molecule has 29 heavy (non-hydrogen) atoms. The Bertz CT molecular complexity index is 822. The molecule has 154 valence electrons. The number of para-hydroxylation sites is 1. The summed E-state index contributed by atoms with van der Waals surface area (Å²) in [7, 11) is 0. The number of ether oxygens (including phenoxy) is 1. The molecule has 1 N–H and O–H groups in total. The number of carbonyl (C=O) groups excluding carboxylic acids is 2. The molecule has 0 unspecified atom stereocenters. The molecule has 1 aliphatic heterocycles. The maximum absolute atomic E-state index is 13.2. The van der Waals surface area contributed by atoms with Gasteiger partial charge in [-0.05, 0) is 56.7 Å². The van der Waals surface area contributed by atoms with Crippen LogP contribution in [0.15, 0.2) is 54.6 Å². The Labute approximate surface area is 173 Å². The number of aryl methyl sites for hydroxylation is 2. The molecule has 2 atom stereocenters. The van der Waals surface area contributed by atoms with E-state index in [-0.39, 0.29) is 11.9 Å². The third kappa shape index (κ3) is 5.24. The predicted molar refractivity (Wildman–Crippen MR) is 115 cm³/mol. The molecule has 1 amide bonds. The van der Waals surface area contributed by atoms with Crippen molar-refractivity contribution in [1.82, 2.24) is 5.32 Å². The van der Waals surface area contributed by atoms with E-state index in [1.807, 2.05) is 48.2 Å². The predicted octanol–water partition coefficient (Wildman–Crippen LogP) is 3.51. The third-order valence-electron chi connectivity index (χ3n) is 5.40. The number of rotatable bonds is 8. The summed E-state index contributed by atoms with van der Waals surface area (Å²) in [6.45, 7) is 4.71. The number of esters is 1. The largest absolute Gasteiger partial charge is 0.465 e. The van der Waals surface area contributed by atoms with Gasteiger partial charge in [0.05, 0.1) is 12.6 Å². The average Bonchev–Trinajstić information content (AvgIpc) is 2.88. The minimum atomic E-state index is -0.510. The summed E-state index contributed by atoms with van der Waals surface area (Å²) in [4.78, 5) is 27.7. The first-order valence-corrected chi connectivity index (χ1v) is 10.5. The van der Waals surface area contributed by atoms with Gasteiger partial charge in [-0.1, -0.05) is 48.5 Å². The van der Waals surface area contributed by atoms with Crippen LogP contribution in [0.2, 0.25) is 0 Å². The lowest BCUT2D eigenvalue weighted by atomic mass is 10.0. The van der Waals surface area contributed by atoms with E-state index in [9.17, 15) is 9.59 Å². The highest BCUT2D eigenvalue weighted by Gasteiger charge is 2.32. The molecule has 1 aliphatic rings. The second-order valence-electron chi connectivity index (χ2n) is 7.30. The van der Waals surface area contributed by atoms with Gasteiger partial charge in [-0.2, -0.15) is 0 Å². The maximum atomic E-state index is 13.2. The molecule has 1 heterocycles. The molecule has 5 nitrogen and oxygen atoms in total.